The van der Waals surface area contributed by atoms with Gasteiger partial charge in [-0.25, -0.2) is 0 Å². The maximum atomic E-state index is 4.22. The van der Waals surface area contributed by atoms with Crippen LogP contribution in [0, 0.1) is 0 Å². The van der Waals surface area contributed by atoms with Gasteiger partial charge in [-0.3, -0.25) is 4.98 Å². The molecular weight excluding hydrogens is 338 g/mol. The predicted octanol–water partition coefficient (Wildman–Crippen LogP) is 7.24. The molecule has 0 amide bonds. The minimum absolute atomic E-state index is 1.18. The highest BCUT2D eigenvalue weighted by Gasteiger charge is 2.17. The second kappa shape index (κ2) is 7.13. The number of fused-ring (bicyclic) bond motifs is 1. The van der Waals surface area contributed by atoms with E-state index in [9.17, 15) is 0 Å². The fourth-order valence-electron chi connectivity index (χ4n) is 3.92. The molecule has 5 aromatic rings. The van der Waals surface area contributed by atoms with Crippen molar-refractivity contribution in [2.45, 2.75) is 0 Å². The molecule has 0 fully saturated rings. The minimum atomic E-state index is 1.18. The molecule has 0 radical (unpaired) electrons. The lowest BCUT2D eigenvalue weighted by Crippen LogP contribution is -1.93. The second-order valence-corrected chi connectivity index (χ2v) is 6.86. The molecule has 5 rings (SSSR count). The zero-order chi connectivity index (χ0) is 18.8. The first kappa shape index (κ1) is 16.5. The van der Waals surface area contributed by atoms with Gasteiger partial charge in [0.15, 0.2) is 0 Å². The molecule has 0 spiro atoms. The van der Waals surface area contributed by atoms with Gasteiger partial charge in [-0.2, -0.15) is 0 Å². The third kappa shape index (κ3) is 2.87. The van der Waals surface area contributed by atoms with Crippen LogP contribution in [0.1, 0.15) is 0 Å². The van der Waals surface area contributed by atoms with Gasteiger partial charge < -0.3 is 0 Å². The highest BCUT2D eigenvalue weighted by molar-refractivity contribution is 6.09. The smallest absolute Gasteiger partial charge is 0.0273 e. The predicted molar refractivity (Wildman–Crippen MR) is 118 cm³/mol. The van der Waals surface area contributed by atoms with Crippen LogP contribution in [-0.4, -0.2) is 4.98 Å². The topological polar surface area (TPSA) is 12.9 Å². The van der Waals surface area contributed by atoms with Crippen LogP contribution in [0.15, 0.2) is 116 Å². The number of nitrogens with zero attached hydrogens (tertiary/aromatic N) is 1. The van der Waals surface area contributed by atoms with Crippen molar-refractivity contribution in [1.82, 2.24) is 4.98 Å². The fourth-order valence-corrected chi connectivity index (χ4v) is 3.92. The molecule has 1 heteroatoms. The van der Waals surface area contributed by atoms with Crippen LogP contribution in [0.3, 0.4) is 0 Å². The van der Waals surface area contributed by atoms with Crippen LogP contribution >= 0.6 is 0 Å². The van der Waals surface area contributed by atoms with Crippen LogP contribution < -0.4 is 0 Å². The van der Waals surface area contributed by atoms with Gasteiger partial charge >= 0.3 is 0 Å². The third-order valence-corrected chi connectivity index (χ3v) is 5.17. The summed E-state index contributed by atoms with van der Waals surface area (Å²) in [6.07, 6.45) is 3.73. The molecule has 0 aliphatic carbocycles. The van der Waals surface area contributed by atoms with Crippen molar-refractivity contribution < 1.29 is 0 Å². The van der Waals surface area contributed by atoms with E-state index < -0.39 is 0 Å². The number of pyridine rings is 1. The molecule has 0 saturated heterocycles. The van der Waals surface area contributed by atoms with E-state index in [1.807, 2.05) is 12.4 Å². The van der Waals surface area contributed by atoms with Gasteiger partial charge in [-0.05, 0) is 62.4 Å². The molecule has 1 aromatic heterocycles. The van der Waals surface area contributed by atoms with E-state index in [-0.39, 0.29) is 0 Å². The maximum absolute atomic E-state index is 4.22. The second-order valence-electron chi connectivity index (χ2n) is 6.86. The van der Waals surface area contributed by atoms with E-state index in [4.69, 9.17) is 0 Å². The average molecular weight is 357 g/mol. The summed E-state index contributed by atoms with van der Waals surface area (Å²) in [5.74, 6) is 0. The van der Waals surface area contributed by atoms with Crippen LogP contribution in [-0.2, 0) is 0 Å². The highest BCUT2D eigenvalue weighted by atomic mass is 14.6. The van der Waals surface area contributed by atoms with Gasteiger partial charge in [-0.1, -0.05) is 84.9 Å². The van der Waals surface area contributed by atoms with E-state index in [0.29, 0.717) is 0 Å². The molecule has 0 atom stereocenters. The quantitative estimate of drug-likeness (QED) is 0.332. The molecule has 0 aliphatic rings. The molecule has 132 valence electrons. The molecule has 0 unspecified atom stereocenters. The van der Waals surface area contributed by atoms with E-state index in [0.717, 1.165) is 0 Å². The number of hydrogen-bond donors (Lipinski definition) is 0. The van der Waals surface area contributed by atoms with Gasteiger partial charge in [0.1, 0.15) is 0 Å². The monoisotopic (exact) mass is 357 g/mol. The molecule has 0 bridgehead atoms. The lowest BCUT2D eigenvalue weighted by atomic mass is 9.84. The Bertz CT molecular complexity index is 1230. The molecule has 4 aromatic carbocycles. The molecular formula is C27H19N. The molecule has 1 nitrogen and oxygen atoms in total. The van der Waals surface area contributed by atoms with Gasteiger partial charge in [0.25, 0.3) is 0 Å². The summed E-state index contributed by atoms with van der Waals surface area (Å²) in [5.41, 5.74) is 7.39. The number of benzene rings is 4. The summed E-state index contributed by atoms with van der Waals surface area (Å²) in [6.45, 7) is 0. The summed E-state index contributed by atoms with van der Waals surface area (Å²) < 4.78 is 0. The van der Waals surface area contributed by atoms with Gasteiger partial charge in [0.05, 0.1) is 0 Å². The minimum Gasteiger partial charge on any atom is -0.265 e. The van der Waals surface area contributed by atoms with E-state index in [2.05, 4.69) is 108 Å². The van der Waals surface area contributed by atoms with Crippen LogP contribution in [0.25, 0.3) is 44.2 Å². The van der Waals surface area contributed by atoms with Crippen molar-refractivity contribution >= 4 is 10.8 Å². The lowest BCUT2D eigenvalue weighted by molar-refractivity contribution is 1.33. The average Bonchev–Trinajstić information content (AvgIpc) is 2.79. The van der Waals surface area contributed by atoms with Crippen molar-refractivity contribution in [2.75, 3.05) is 0 Å². The van der Waals surface area contributed by atoms with E-state index >= 15 is 0 Å². The summed E-state index contributed by atoms with van der Waals surface area (Å²) in [6, 6.07) is 36.5. The van der Waals surface area contributed by atoms with Gasteiger partial charge in [0.2, 0.25) is 0 Å². The summed E-state index contributed by atoms with van der Waals surface area (Å²) in [7, 11) is 0. The molecule has 28 heavy (non-hydrogen) atoms. The number of hydrogen-bond acceptors (Lipinski definition) is 1. The Hall–Kier alpha value is -3.71. The SMILES string of the molecule is c1ccc(-c2c(-c3ccncc3)cc3ccccc3c2-c2ccccc2)cc1. The van der Waals surface area contributed by atoms with Crippen molar-refractivity contribution in [2.24, 2.45) is 0 Å². The van der Waals surface area contributed by atoms with Crippen LogP contribution in [0.5, 0.6) is 0 Å². The third-order valence-electron chi connectivity index (χ3n) is 5.17. The van der Waals surface area contributed by atoms with Crippen molar-refractivity contribution in [3.8, 4) is 33.4 Å². The van der Waals surface area contributed by atoms with Crippen molar-refractivity contribution in [3.05, 3.63) is 116 Å². The van der Waals surface area contributed by atoms with Crippen molar-refractivity contribution in [1.29, 1.82) is 0 Å². The first-order valence-corrected chi connectivity index (χ1v) is 9.49. The van der Waals surface area contributed by atoms with Crippen LogP contribution in [0.2, 0.25) is 0 Å². The molecule has 0 N–H and O–H groups in total. The molecule has 0 aliphatic heterocycles. The van der Waals surface area contributed by atoms with E-state index in [1.54, 1.807) is 0 Å². The molecule has 1 heterocycles. The maximum Gasteiger partial charge on any atom is 0.0273 e. The standard InChI is InChI=1S/C27H19N/c1-3-9-21(10-4-1)26-24-14-8-7-13-23(24)19-25(20-15-17-28-18-16-20)27(26)22-11-5-2-6-12-22/h1-19H. The summed E-state index contributed by atoms with van der Waals surface area (Å²) >= 11 is 0. The van der Waals surface area contributed by atoms with Gasteiger partial charge in [0, 0.05) is 12.4 Å². The Kier molecular flexibility index (Phi) is 4.19. The fraction of sp³-hybridized carbons (Fsp3) is 0. The Balaban J connectivity index is 1.97. The Morgan fingerprint density at radius 1 is 0.464 bits per heavy atom. The Labute approximate surface area is 165 Å². The van der Waals surface area contributed by atoms with E-state index in [1.165, 1.54) is 44.2 Å². The largest absolute Gasteiger partial charge is 0.265 e. The normalized spacial score (nSPS) is 10.9. The number of aromatic nitrogens is 1. The molecule has 0 saturated carbocycles. The first-order chi connectivity index (χ1) is 13.9. The zero-order valence-electron chi connectivity index (χ0n) is 15.4. The Morgan fingerprint density at radius 3 is 1.71 bits per heavy atom. The highest BCUT2D eigenvalue weighted by Crippen LogP contribution is 2.44. The summed E-state index contributed by atoms with van der Waals surface area (Å²) in [4.78, 5) is 4.22. The van der Waals surface area contributed by atoms with Crippen molar-refractivity contribution in [3.63, 3.8) is 0 Å². The van der Waals surface area contributed by atoms with Crippen LogP contribution in [0.4, 0.5) is 0 Å². The zero-order valence-corrected chi connectivity index (χ0v) is 15.4. The Morgan fingerprint density at radius 2 is 1.04 bits per heavy atom. The number of rotatable bonds is 3. The summed E-state index contributed by atoms with van der Waals surface area (Å²) in [5, 5.41) is 2.51. The lowest BCUT2D eigenvalue weighted by Gasteiger charge is -2.19. The first-order valence-electron chi connectivity index (χ1n) is 9.49. The van der Waals surface area contributed by atoms with Gasteiger partial charge in [-0.15, -0.1) is 0 Å².